The summed E-state index contributed by atoms with van der Waals surface area (Å²) in [5, 5.41) is 20.6. The topological polar surface area (TPSA) is 72.8 Å². The van der Waals surface area contributed by atoms with Gasteiger partial charge in [-0.15, -0.1) is 0 Å². The van der Waals surface area contributed by atoms with E-state index in [-0.39, 0.29) is 18.7 Å². The van der Waals surface area contributed by atoms with Crippen molar-refractivity contribution < 1.29 is 15.0 Å². The first-order valence-electron chi connectivity index (χ1n) is 3.99. The van der Waals surface area contributed by atoms with E-state index in [4.69, 9.17) is 10.2 Å². The molecule has 0 radical (unpaired) electrons. The highest BCUT2D eigenvalue weighted by Crippen LogP contribution is 2.06. The standard InChI is InChI=1S/C7H14N2O3/c1-5-2-8-6(4-10)3-9(5)7(11)12/h5-6,8,10H,2-4H2,1H3,(H,11,12)/t5-,6-/m0/s1. The Labute approximate surface area is 71.0 Å². The lowest BCUT2D eigenvalue weighted by Gasteiger charge is -2.36. The molecule has 3 N–H and O–H groups in total. The van der Waals surface area contributed by atoms with Crippen molar-refractivity contribution in [3.63, 3.8) is 0 Å². The van der Waals surface area contributed by atoms with Gasteiger partial charge in [-0.05, 0) is 6.92 Å². The van der Waals surface area contributed by atoms with Gasteiger partial charge in [0.2, 0.25) is 0 Å². The zero-order valence-electron chi connectivity index (χ0n) is 7.03. The first-order valence-corrected chi connectivity index (χ1v) is 3.99. The summed E-state index contributed by atoms with van der Waals surface area (Å²) in [7, 11) is 0. The van der Waals surface area contributed by atoms with Gasteiger partial charge in [-0.25, -0.2) is 4.79 Å². The van der Waals surface area contributed by atoms with Crippen LogP contribution in [0.5, 0.6) is 0 Å². The van der Waals surface area contributed by atoms with Crippen molar-refractivity contribution in [1.82, 2.24) is 10.2 Å². The predicted molar refractivity (Wildman–Crippen MR) is 43.1 cm³/mol. The highest BCUT2D eigenvalue weighted by atomic mass is 16.4. The van der Waals surface area contributed by atoms with Gasteiger partial charge in [0.15, 0.2) is 0 Å². The van der Waals surface area contributed by atoms with Crippen LogP contribution in [-0.2, 0) is 0 Å². The molecule has 5 nitrogen and oxygen atoms in total. The number of rotatable bonds is 1. The smallest absolute Gasteiger partial charge is 0.407 e. The number of hydrogen-bond donors (Lipinski definition) is 3. The Morgan fingerprint density at radius 1 is 1.75 bits per heavy atom. The average molecular weight is 174 g/mol. The van der Waals surface area contributed by atoms with Gasteiger partial charge in [-0.3, -0.25) is 0 Å². The molecule has 1 heterocycles. The van der Waals surface area contributed by atoms with Gasteiger partial charge in [-0.2, -0.15) is 0 Å². The Balaban J connectivity index is 2.53. The van der Waals surface area contributed by atoms with Crippen LogP contribution in [0.25, 0.3) is 0 Å². The fraction of sp³-hybridized carbons (Fsp3) is 0.857. The zero-order valence-corrected chi connectivity index (χ0v) is 7.03. The van der Waals surface area contributed by atoms with Gasteiger partial charge in [0.25, 0.3) is 0 Å². The number of carboxylic acid groups (broad SMARTS) is 1. The molecule has 5 heteroatoms. The maximum absolute atomic E-state index is 10.6. The number of aliphatic hydroxyl groups excluding tert-OH is 1. The monoisotopic (exact) mass is 174 g/mol. The van der Waals surface area contributed by atoms with Crippen LogP contribution in [-0.4, -0.2) is 53.0 Å². The molecular formula is C7H14N2O3. The summed E-state index contributed by atoms with van der Waals surface area (Å²) in [6.45, 7) is 2.80. The molecule has 1 amide bonds. The van der Waals surface area contributed by atoms with Crippen LogP contribution in [0.4, 0.5) is 4.79 Å². The van der Waals surface area contributed by atoms with Crippen molar-refractivity contribution >= 4 is 6.09 Å². The van der Waals surface area contributed by atoms with Crippen LogP contribution >= 0.6 is 0 Å². The minimum atomic E-state index is -0.914. The Kier molecular flexibility index (Phi) is 2.88. The third-order valence-electron chi connectivity index (χ3n) is 2.12. The number of hydrogen-bond acceptors (Lipinski definition) is 3. The Morgan fingerprint density at radius 3 is 2.92 bits per heavy atom. The lowest BCUT2D eigenvalue weighted by Crippen LogP contribution is -2.58. The summed E-state index contributed by atoms with van der Waals surface area (Å²) in [6.07, 6.45) is -0.914. The Morgan fingerprint density at radius 2 is 2.42 bits per heavy atom. The fourth-order valence-electron chi connectivity index (χ4n) is 1.32. The van der Waals surface area contributed by atoms with E-state index in [1.54, 1.807) is 0 Å². The van der Waals surface area contributed by atoms with Crippen LogP contribution in [0, 0.1) is 0 Å². The second-order valence-electron chi connectivity index (χ2n) is 3.07. The van der Waals surface area contributed by atoms with E-state index in [9.17, 15) is 4.79 Å². The summed E-state index contributed by atoms with van der Waals surface area (Å²) in [5.41, 5.74) is 0. The van der Waals surface area contributed by atoms with E-state index in [0.717, 1.165) is 0 Å². The Bertz CT molecular complexity index is 174. The maximum Gasteiger partial charge on any atom is 0.407 e. The average Bonchev–Trinajstić information content (AvgIpc) is 2.05. The van der Waals surface area contributed by atoms with Crippen molar-refractivity contribution in [1.29, 1.82) is 0 Å². The molecule has 1 aliphatic heterocycles. The van der Waals surface area contributed by atoms with E-state index >= 15 is 0 Å². The molecule has 2 atom stereocenters. The van der Waals surface area contributed by atoms with Gasteiger partial charge in [0.05, 0.1) is 6.61 Å². The molecule has 0 bridgehead atoms. The minimum absolute atomic E-state index is 0.00898. The van der Waals surface area contributed by atoms with Crippen LogP contribution < -0.4 is 5.32 Å². The molecule has 0 aromatic carbocycles. The van der Waals surface area contributed by atoms with Crippen LogP contribution in [0.1, 0.15) is 6.92 Å². The van der Waals surface area contributed by atoms with E-state index in [1.807, 2.05) is 6.92 Å². The molecule has 0 spiro atoms. The largest absolute Gasteiger partial charge is 0.465 e. The normalized spacial score (nSPS) is 30.3. The number of amides is 1. The van der Waals surface area contributed by atoms with Crippen LogP contribution in [0.2, 0.25) is 0 Å². The number of nitrogens with one attached hydrogen (secondary N) is 1. The molecule has 0 unspecified atom stereocenters. The molecule has 0 aromatic heterocycles. The molecule has 0 aliphatic carbocycles. The van der Waals surface area contributed by atoms with E-state index < -0.39 is 6.09 Å². The molecule has 0 saturated carbocycles. The summed E-state index contributed by atoms with van der Waals surface area (Å²) >= 11 is 0. The highest BCUT2D eigenvalue weighted by Gasteiger charge is 2.27. The van der Waals surface area contributed by atoms with E-state index in [1.165, 1.54) is 4.90 Å². The van der Waals surface area contributed by atoms with Crippen LogP contribution in [0.15, 0.2) is 0 Å². The third-order valence-corrected chi connectivity index (χ3v) is 2.12. The lowest BCUT2D eigenvalue weighted by atomic mass is 10.1. The number of aliphatic hydroxyl groups is 1. The van der Waals surface area contributed by atoms with Crippen molar-refractivity contribution in [2.75, 3.05) is 19.7 Å². The summed E-state index contributed by atoms with van der Waals surface area (Å²) in [6, 6.07) is -0.123. The van der Waals surface area contributed by atoms with Gasteiger partial charge in [0.1, 0.15) is 0 Å². The third kappa shape index (κ3) is 1.86. The molecule has 1 saturated heterocycles. The lowest BCUT2D eigenvalue weighted by molar-refractivity contribution is 0.0904. The summed E-state index contributed by atoms with van der Waals surface area (Å²) in [4.78, 5) is 12.0. The van der Waals surface area contributed by atoms with Gasteiger partial charge < -0.3 is 20.4 Å². The second-order valence-corrected chi connectivity index (χ2v) is 3.07. The predicted octanol–water partition coefficient (Wildman–Crippen LogP) is -0.681. The van der Waals surface area contributed by atoms with Crippen LogP contribution in [0.3, 0.4) is 0 Å². The molecule has 0 aromatic rings. The van der Waals surface area contributed by atoms with Crippen molar-refractivity contribution in [3.8, 4) is 0 Å². The molecular weight excluding hydrogens is 160 g/mol. The molecule has 70 valence electrons. The first kappa shape index (κ1) is 9.28. The fourth-order valence-corrected chi connectivity index (χ4v) is 1.32. The molecule has 1 fully saturated rings. The molecule has 1 rings (SSSR count). The number of nitrogens with zero attached hydrogens (tertiary/aromatic N) is 1. The molecule has 1 aliphatic rings. The van der Waals surface area contributed by atoms with E-state index in [0.29, 0.717) is 13.1 Å². The SMILES string of the molecule is C[C@H]1CN[C@H](CO)CN1C(=O)O. The molecule has 12 heavy (non-hydrogen) atoms. The second kappa shape index (κ2) is 3.73. The van der Waals surface area contributed by atoms with Crippen molar-refractivity contribution in [3.05, 3.63) is 0 Å². The zero-order chi connectivity index (χ0) is 9.14. The maximum atomic E-state index is 10.6. The van der Waals surface area contributed by atoms with Gasteiger partial charge >= 0.3 is 6.09 Å². The van der Waals surface area contributed by atoms with E-state index in [2.05, 4.69) is 5.32 Å². The van der Waals surface area contributed by atoms with Crippen molar-refractivity contribution in [2.45, 2.75) is 19.0 Å². The number of piperazine rings is 1. The van der Waals surface area contributed by atoms with Crippen molar-refractivity contribution in [2.24, 2.45) is 0 Å². The number of carbonyl (C=O) groups is 1. The summed E-state index contributed by atoms with van der Waals surface area (Å²) < 4.78 is 0. The van der Waals surface area contributed by atoms with Gasteiger partial charge in [-0.1, -0.05) is 0 Å². The Hall–Kier alpha value is -0.810. The highest BCUT2D eigenvalue weighted by molar-refractivity contribution is 5.65. The first-order chi connectivity index (χ1) is 5.65. The summed E-state index contributed by atoms with van der Waals surface area (Å²) in [5.74, 6) is 0. The van der Waals surface area contributed by atoms with Gasteiger partial charge in [0, 0.05) is 25.2 Å². The quantitative estimate of drug-likeness (QED) is 0.492. The minimum Gasteiger partial charge on any atom is -0.465 e.